The van der Waals surface area contributed by atoms with Crippen LogP contribution in [0.5, 0.6) is 0 Å². The molecule has 1 N–H and O–H groups in total. The highest BCUT2D eigenvalue weighted by Gasteiger charge is 2.27. The van der Waals surface area contributed by atoms with E-state index in [0.29, 0.717) is 11.7 Å². The summed E-state index contributed by atoms with van der Waals surface area (Å²) in [5.74, 6) is 3.05. The average Bonchev–Trinajstić information content (AvgIpc) is 2.75. The van der Waals surface area contributed by atoms with E-state index in [9.17, 15) is 0 Å². The predicted molar refractivity (Wildman–Crippen MR) is 50.8 cm³/mol. The molecule has 1 aliphatic carbocycles. The fourth-order valence-electron chi connectivity index (χ4n) is 1.52. The third-order valence-corrected chi connectivity index (χ3v) is 2.53. The zero-order chi connectivity index (χ0) is 9.54. The maximum atomic E-state index is 5.32. The summed E-state index contributed by atoms with van der Waals surface area (Å²) < 4.78 is 5.32. The zero-order valence-corrected chi connectivity index (χ0v) is 7.95. The summed E-state index contributed by atoms with van der Waals surface area (Å²) in [5, 5.41) is 7.11. The van der Waals surface area contributed by atoms with Crippen molar-refractivity contribution >= 4 is 0 Å². The Kier molecular flexibility index (Phi) is 1.50. The zero-order valence-electron chi connectivity index (χ0n) is 7.95. The van der Waals surface area contributed by atoms with E-state index < -0.39 is 0 Å². The number of aromatic nitrogens is 3. The van der Waals surface area contributed by atoms with Crippen molar-refractivity contribution in [2.75, 3.05) is 0 Å². The van der Waals surface area contributed by atoms with Gasteiger partial charge in [-0.05, 0) is 31.4 Å². The number of rotatable bonds is 2. The van der Waals surface area contributed by atoms with Gasteiger partial charge < -0.3 is 4.42 Å². The van der Waals surface area contributed by atoms with Crippen molar-refractivity contribution in [1.82, 2.24) is 15.2 Å². The van der Waals surface area contributed by atoms with Gasteiger partial charge >= 0.3 is 0 Å². The number of H-pyrrole nitrogens is 1. The van der Waals surface area contributed by atoms with Gasteiger partial charge in [-0.2, -0.15) is 5.10 Å². The van der Waals surface area contributed by atoms with Crippen molar-refractivity contribution in [3.63, 3.8) is 0 Å². The average molecular weight is 189 g/mol. The van der Waals surface area contributed by atoms with Crippen LogP contribution in [0.2, 0.25) is 0 Å². The molecule has 4 nitrogen and oxygen atoms in total. The molecular formula is C10H11N3O. The molecule has 1 saturated carbocycles. The molecule has 1 aliphatic rings. The topological polar surface area (TPSA) is 54.7 Å². The van der Waals surface area contributed by atoms with Gasteiger partial charge in [-0.1, -0.05) is 0 Å². The normalized spacial score (nSPS) is 16.1. The molecule has 4 heteroatoms. The molecular weight excluding hydrogens is 178 g/mol. The molecule has 2 aromatic heterocycles. The van der Waals surface area contributed by atoms with E-state index in [4.69, 9.17) is 4.42 Å². The number of hydrogen-bond donors (Lipinski definition) is 1. The molecule has 72 valence electrons. The maximum Gasteiger partial charge on any atom is 0.217 e. The molecule has 0 amide bonds. The summed E-state index contributed by atoms with van der Waals surface area (Å²) in [6, 6.07) is 1.92. The van der Waals surface area contributed by atoms with Crippen LogP contribution in [-0.4, -0.2) is 15.2 Å². The van der Waals surface area contributed by atoms with Gasteiger partial charge in [0.25, 0.3) is 0 Å². The highest BCUT2D eigenvalue weighted by Crippen LogP contribution is 2.38. The molecule has 2 heterocycles. The monoisotopic (exact) mass is 189 g/mol. The molecule has 0 atom stereocenters. The molecule has 2 aromatic rings. The van der Waals surface area contributed by atoms with Crippen LogP contribution in [0.25, 0.3) is 11.6 Å². The number of nitrogens with one attached hydrogen (secondary N) is 1. The first-order valence-corrected chi connectivity index (χ1v) is 4.81. The number of aromatic amines is 1. The summed E-state index contributed by atoms with van der Waals surface area (Å²) >= 11 is 0. The van der Waals surface area contributed by atoms with Gasteiger partial charge in [0, 0.05) is 5.92 Å². The molecule has 0 spiro atoms. The number of furan rings is 1. The molecule has 0 unspecified atom stereocenters. The van der Waals surface area contributed by atoms with E-state index in [2.05, 4.69) is 15.2 Å². The molecule has 14 heavy (non-hydrogen) atoms. The Labute approximate surface area is 81.4 Å². The Hall–Kier alpha value is -1.58. The first-order valence-electron chi connectivity index (χ1n) is 4.81. The number of hydrogen-bond acceptors (Lipinski definition) is 3. The van der Waals surface area contributed by atoms with Crippen LogP contribution in [0, 0.1) is 6.92 Å². The van der Waals surface area contributed by atoms with Gasteiger partial charge in [0.2, 0.25) is 5.82 Å². The van der Waals surface area contributed by atoms with Crippen molar-refractivity contribution in [1.29, 1.82) is 0 Å². The first kappa shape index (κ1) is 7.79. The van der Waals surface area contributed by atoms with Gasteiger partial charge in [0.1, 0.15) is 5.82 Å². The van der Waals surface area contributed by atoms with Crippen molar-refractivity contribution in [2.45, 2.75) is 25.7 Å². The minimum absolute atomic E-state index is 0.603. The Morgan fingerprint density at radius 1 is 1.50 bits per heavy atom. The number of aryl methyl sites for hydroxylation is 1. The SMILES string of the molecule is Cc1ccoc1-c1n[nH]c(C2CC2)n1. The molecule has 0 bridgehead atoms. The Balaban J connectivity index is 1.99. The van der Waals surface area contributed by atoms with E-state index in [1.165, 1.54) is 12.8 Å². The number of nitrogens with zero attached hydrogens (tertiary/aromatic N) is 2. The van der Waals surface area contributed by atoms with Crippen LogP contribution in [0.15, 0.2) is 16.7 Å². The van der Waals surface area contributed by atoms with E-state index in [-0.39, 0.29) is 0 Å². The quantitative estimate of drug-likeness (QED) is 0.788. The smallest absolute Gasteiger partial charge is 0.217 e. The van der Waals surface area contributed by atoms with Crippen LogP contribution in [0.4, 0.5) is 0 Å². The third kappa shape index (κ3) is 1.14. The second-order valence-electron chi connectivity index (χ2n) is 3.75. The van der Waals surface area contributed by atoms with Gasteiger partial charge in [-0.3, -0.25) is 5.10 Å². The van der Waals surface area contributed by atoms with E-state index in [1.54, 1.807) is 6.26 Å². The van der Waals surface area contributed by atoms with Gasteiger partial charge in [-0.15, -0.1) is 0 Å². The molecule has 1 fully saturated rings. The fraction of sp³-hybridized carbons (Fsp3) is 0.400. The Morgan fingerprint density at radius 2 is 2.36 bits per heavy atom. The lowest BCUT2D eigenvalue weighted by atomic mass is 10.3. The van der Waals surface area contributed by atoms with E-state index >= 15 is 0 Å². The van der Waals surface area contributed by atoms with Crippen molar-refractivity contribution in [3.05, 3.63) is 23.7 Å². The molecule has 0 saturated heterocycles. The first-order chi connectivity index (χ1) is 6.84. The summed E-state index contributed by atoms with van der Waals surface area (Å²) in [6.45, 7) is 1.99. The molecule has 0 radical (unpaired) electrons. The highest BCUT2D eigenvalue weighted by atomic mass is 16.3. The fourth-order valence-corrected chi connectivity index (χ4v) is 1.52. The largest absolute Gasteiger partial charge is 0.461 e. The lowest BCUT2D eigenvalue weighted by Crippen LogP contribution is -1.82. The minimum Gasteiger partial charge on any atom is -0.461 e. The summed E-state index contributed by atoms with van der Waals surface area (Å²) in [5.41, 5.74) is 1.08. The van der Waals surface area contributed by atoms with Crippen LogP contribution < -0.4 is 0 Å². The molecule has 0 aromatic carbocycles. The van der Waals surface area contributed by atoms with E-state index in [0.717, 1.165) is 17.1 Å². The van der Waals surface area contributed by atoms with Crippen LogP contribution in [0.1, 0.15) is 30.1 Å². The van der Waals surface area contributed by atoms with Crippen molar-refractivity contribution in [2.24, 2.45) is 0 Å². The van der Waals surface area contributed by atoms with Gasteiger partial charge in [0.05, 0.1) is 6.26 Å². The van der Waals surface area contributed by atoms with Crippen molar-refractivity contribution < 1.29 is 4.42 Å². The Morgan fingerprint density at radius 3 is 3.00 bits per heavy atom. The summed E-state index contributed by atoms with van der Waals surface area (Å²) in [7, 11) is 0. The molecule has 3 rings (SSSR count). The van der Waals surface area contributed by atoms with Crippen LogP contribution >= 0.6 is 0 Å². The second kappa shape index (κ2) is 2.70. The lowest BCUT2D eigenvalue weighted by Gasteiger charge is -1.89. The summed E-state index contributed by atoms with van der Waals surface area (Å²) in [4.78, 5) is 4.42. The van der Waals surface area contributed by atoms with Crippen LogP contribution in [-0.2, 0) is 0 Å². The lowest BCUT2D eigenvalue weighted by molar-refractivity contribution is 0.576. The highest BCUT2D eigenvalue weighted by molar-refractivity contribution is 5.51. The molecule has 0 aliphatic heterocycles. The Bertz CT molecular complexity index is 453. The summed E-state index contributed by atoms with van der Waals surface area (Å²) in [6.07, 6.45) is 4.12. The van der Waals surface area contributed by atoms with Crippen molar-refractivity contribution in [3.8, 4) is 11.6 Å². The third-order valence-electron chi connectivity index (χ3n) is 2.53. The predicted octanol–water partition coefficient (Wildman–Crippen LogP) is 2.25. The van der Waals surface area contributed by atoms with Gasteiger partial charge in [0.15, 0.2) is 5.76 Å². The standard InChI is InChI=1S/C10H11N3O/c1-6-4-5-14-8(6)10-11-9(12-13-10)7-2-3-7/h4-5,7H,2-3H2,1H3,(H,11,12,13). The van der Waals surface area contributed by atoms with Gasteiger partial charge in [-0.25, -0.2) is 4.98 Å². The second-order valence-corrected chi connectivity index (χ2v) is 3.75. The van der Waals surface area contributed by atoms with Crippen LogP contribution in [0.3, 0.4) is 0 Å². The minimum atomic E-state index is 0.603. The maximum absolute atomic E-state index is 5.32. The van der Waals surface area contributed by atoms with E-state index in [1.807, 2.05) is 13.0 Å².